The minimum Gasteiger partial charge on any atom is -0.495 e. The molecule has 0 bridgehead atoms. The van der Waals surface area contributed by atoms with E-state index in [1.807, 2.05) is 11.4 Å². The Kier molecular flexibility index (Phi) is 6.36. The molecule has 30 heavy (non-hydrogen) atoms. The van der Waals surface area contributed by atoms with E-state index in [9.17, 15) is 13.2 Å². The molecule has 0 atom stereocenters. The Labute approximate surface area is 188 Å². The van der Waals surface area contributed by atoms with Gasteiger partial charge in [0.2, 0.25) is 10.0 Å². The second kappa shape index (κ2) is 8.84. The normalized spacial score (nSPS) is 15.8. The smallest absolute Gasteiger partial charge is 0.267 e. The SMILES string of the molecule is COc1ccc(S(=O)(=O)N2CCCCCC2)cc1NC(=O)c1sc2sccc2c1Cl. The van der Waals surface area contributed by atoms with Crippen LogP contribution < -0.4 is 10.1 Å². The number of methoxy groups -OCH3 is 1. The monoisotopic (exact) mass is 484 g/mol. The molecule has 3 aromatic rings. The van der Waals surface area contributed by atoms with Crippen LogP contribution in [0.2, 0.25) is 5.02 Å². The van der Waals surface area contributed by atoms with E-state index in [0.29, 0.717) is 34.4 Å². The van der Waals surface area contributed by atoms with Gasteiger partial charge in [0.1, 0.15) is 10.6 Å². The van der Waals surface area contributed by atoms with Gasteiger partial charge in [-0.25, -0.2) is 8.42 Å². The number of hydrogen-bond donors (Lipinski definition) is 1. The first-order valence-corrected chi connectivity index (χ1v) is 13.1. The second-order valence-corrected chi connectivity index (χ2v) is 11.5. The van der Waals surface area contributed by atoms with E-state index in [2.05, 4.69) is 5.32 Å². The van der Waals surface area contributed by atoms with Crippen molar-refractivity contribution >= 4 is 65.3 Å². The predicted molar refractivity (Wildman–Crippen MR) is 123 cm³/mol. The zero-order valence-electron chi connectivity index (χ0n) is 16.3. The van der Waals surface area contributed by atoms with E-state index < -0.39 is 15.9 Å². The Morgan fingerprint density at radius 1 is 1.17 bits per heavy atom. The van der Waals surface area contributed by atoms with Crippen molar-refractivity contribution < 1.29 is 17.9 Å². The molecule has 6 nitrogen and oxygen atoms in total. The van der Waals surface area contributed by atoms with Gasteiger partial charge in [-0.1, -0.05) is 24.4 Å². The molecule has 0 radical (unpaired) electrons. The van der Waals surface area contributed by atoms with Crippen LogP contribution in [0.5, 0.6) is 5.75 Å². The first-order chi connectivity index (χ1) is 14.4. The number of hydrogen-bond acceptors (Lipinski definition) is 6. The number of carbonyl (C=O) groups excluding carboxylic acids is 1. The fourth-order valence-electron chi connectivity index (χ4n) is 3.50. The van der Waals surface area contributed by atoms with Crippen LogP contribution in [-0.4, -0.2) is 38.8 Å². The quantitative estimate of drug-likeness (QED) is 0.523. The third-order valence-corrected chi connectivity index (χ3v) is 9.73. The average molecular weight is 485 g/mol. The van der Waals surface area contributed by atoms with Gasteiger partial charge in [0.05, 0.1) is 26.7 Å². The Hall–Kier alpha value is -1.65. The molecule has 1 N–H and O–H groups in total. The third-order valence-electron chi connectivity index (χ3n) is 5.09. The van der Waals surface area contributed by atoms with Gasteiger partial charge in [-0.05, 0) is 42.5 Å². The van der Waals surface area contributed by atoms with Crippen molar-refractivity contribution in [1.29, 1.82) is 0 Å². The summed E-state index contributed by atoms with van der Waals surface area (Å²) >= 11 is 9.21. The lowest BCUT2D eigenvalue weighted by Gasteiger charge is -2.21. The molecule has 4 rings (SSSR count). The highest BCUT2D eigenvalue weighted by Gasteiger charge is 2.27. The van der Waals surface area contributed by atoms with Crippen molar-refractivity contribution in [1.82, 2.24) is 4.31 Å². The van der Waals surface area contributed by atoms with Crippen LogP contribution in [-0.2, 0) is 10.0 Å². The maximum absolute atomic E-state index is 13.1. The summed E-state index contributed by atoms with van der Waals surface area (Å²) in [5, 5.41) is 5.96. The maximum atomic E-state index is 13.1. The molecule has 1 aliphatic heterocycles. The van der Waals surface area contributed by atoms with Crippen molar-refractivity contribution in [2.45, 2.75) is 30.6 Å². The molecule has 1 aliphatic rings. The van der Waals surface area contributed by atoms with Gasteiger partial charge in [0, 0.05) is 18.5 Å². The number of benzene rings is 1. The van der Waals surface area contributed by atoms with Gasteiger partial charge in [0.15, 0.2) is 0 Å². The standard InChI is InChI=1S/C20H21ClN2O4S3/c1-27-16-7-6-13(30(25,26)23-9-4-2-3-5-10-23)12-15(16)22-19(24)18-17(21)14-8-11-28-20(14)29-18/h6-8,11-12H,2-5,9-10H2,1H3,(H,22,24). The highest BCUT2D eigenvalue weighted by atomic mass is 35.5. The minimum atomic E-state index is -3.65. The van der Waals surface area contributed by atoms with Crippen molar-refractivity contribution in [3.8, 4) is 5.75 Å². The molecule has 0 saturated carbocycles. The third kappa shape index (κ3) is 4.09. The van der Waals surface area contributed by atoms with E-state index >= 15 is 0 Å². The Balaban J connectivity index is 1.65. The van der Waals surface area contributed by atoms with E-state index in [-0.39, 0.29) is 4.90 Å². The molecule has 1 amide bonds. The lowest BCUT2D eigenvalue weighted by Crippen LogP contribution is -2.32. The first kappa shape index (κ1) is 21.6. The summed E-state index contributed by atoms with van der Waals surface area (Å²) in [7, 11) is -2.17. The zero-order valence-corrected chi connectivity index (χ0v) is 19.5. The van der Waals surface area contributed by atoms with Gasteiger partial charge in [-0.2, -0.15) is 4.31 Å². The summed E-state index contributed by atoms with van der Waals surface area (Å²) in [6.45, 7) is 1.02. The molecule has 0 spiro atoms. The van der Waals surface area contributed by atoms with Gasteiger partial charge in [0.25, 0.3) is 5.91 Å². The van der Waals surface area contributed by atoms with Crippen LogP contribution >= 0.6 is 34.3 Å². The average Bonchev–Trinajstić information content (AvgIpc) is 3.19. The summed E-state index contributed by atoms with van der Waals surface area (Å²) in [6, 6.07) is 6.42. The number of sulfonamides is 1. The van der Waals surface area contributed by atoms with E-state index in [1.165, 1.54) is 46.2 Å². The molecular formula is C20H21ClN2O4S3. The van der Waals surface area contributed by atoms with Gasteiger partial charge >= 0.3 is 0 Å². The number of anilines is 1. The number of nitrogens with zero attached hydrogens (tertiary/aromatic N) is 1. The lowest BCUT2D eigenvalue weighted by atomic mass is 10.2. The molecule has 1 aromatic carbocycles. The molecule has 1 saturated heterocycles. The number of fused-ring (bicyclic) bond motifs is 1. The number of halogens is 1. The fourth-order valence-corrected chi connectivity index (χ4v) is 7.56. The van der Waals surface area contributed by atoms with Gasteiger partial charge < -0.3 is 10.1 Å². The molecule has 160 valence electrons. The molecule has 0 aliphatic carbocycles. The van der Waals surface area contributed by atoms with E-state index in [0.717, 1.165) is 35.1 Å². The molecule has 10 heteroatoms. The van der Waals surface area contributed by atoms with Crippen LogP contribution in [0.25, 0.3) is 9.40 Å². The predicted octanol–water partition coefficient (Wildman–Crippen LogP) is 5.44. The zero-order chi connectivity index (χ0) is 21.3. The number of nitrogens with one attached hydrogen (secondary N) is 1. The molecule has 0 unspecified atom stereocenters. The first-order valence-electron chi connectivity index (χ1n) is 9.57. The number of rotatable bonds is 5. The van der Waals surface area contributed by atoms with Crippen LogP contribution in [0.3, 0.4) is 0 Å². The lowest BCUT2D eigenvalue weighted by molar-refractivity contribution is 0.103. The number of thiophene rings is 2. The van der Waals surface area contributed by atoms with Crippen LogP contribution in [0.1, 0.15) is 35.4 Å². The number of amides is 1. The largest absolute Gasteiger partial charge is 0.495 e. The maximum Gasteiger partial charge on any atom is 0.267 e. The number of ether oxygens (including phenoxy) is 1. The summed E-state index contributed by atoms with van der Waals surface area (Å²) < 4.78 is 34.1. The highest BCUT2D eigenvalue weighted by molar-refractivity contribution is 7.89. The van der Waals surface area contributed by atoms with Crippen LogP contribution in [0.4, 0.5) is 5.69 Å². The summed E-state index contributed by atoms with van der Waals surface area (Å²) in [5.74, 6) is -0.0105. The summed E-state index contributed by atoms with van der Waals surface area (Å²) in [6.07, 6.45) is 3.78. The molecule has 3 heterocycles. The summed E-state index contributed by atoms with van der Waals surface area (Å²) in [4.78, 5) is 13.4. The van der Waals surface area contributed by atoms with E-state index in [4.69, 9.17) is 16.3 Å². The van der Waals surface area contributed by atoms with Crippen molar-refractivity contribution in [3.63, 3.8) is 0 Å². The van der Waals surface area contributed by atoms with Crippen molar-refractivity contribution in [3.05, 3.63) is 39.5 Å². The minimum absolute atomic E-state index is 0.138. The molecular weight excluding hydrogens is 464 g/mol. The van der Waals surface area contributed by atoms with Crippen LogP contribution in [0, 0.1) is 0 Å². The summed E-state index contributed by atoms with van der Waals surface area (Å²) in [5.41, 5.74) is 0.297. The van der Waals surface area contributed by atoms with Crippen molar-refractivity contribution in [2.24, 2.45) is 0 Å². The van der Waals surface area contributed by atoms with Crippen molar-refractivity contribution in [2.75, 3.05) is 25.5 Å². The fraction of sp³-hybridized carbons (Fsp3) is 0.350. The highest BCUT2D eigenvalue weighted by Crippen LogP contribution is 2.39. The topological polar surface area (TPSA) is 75.7 Å². The molecule has 2 aromatic heterocycles. The van der Waals surface area contributed by atoms with Gasteiger partial charge in [-0.3, -0.25) is 4.79 Å². The van der Waals surface area contributed by atoms with E-state index in [1.54, 1.807) is 6.07 Å². The Morgan fingerprint density at radius 2 is 1.90 bits per heavy atom. The van der Waals surface area contributed by atoms with Gasteiger partial charge in [-0.15, -0.1) is 22.7 Å². The second-order valence-electron chi connectivity index (χ2n) is 7.00. The van der Waals surface area contributed by atoms with Crippen LogP contribution in [0.15, 0.2) is 34.5 Å². The Morgan fingerprint density at radius 3 is 2.57 bits per heavy atom. The number of carbonyl (C=O) groups is 1. The Bertz CT molecular complexity index is 1180. The molecule has 1 fully saturated rings.